The number of nitrogens with zero attached hydrogens (tertiary/aromatic N) is 2. The van der Waals surface area contributed by atoms with E-state index in [1.54, 1.807) is 6.20 Å². The normalized spacial score (nSPS) is 18.8. The van der Waals surface area contributed by atoms with E-state index in [0.29, 0.717) is 19.5 Å². The smallest absolute Gasteiger partial charge is 0.224 e. The summed E-state index contributed by atoms with van der Waals surface area (Å²) < 4.78 is 0. The molecule has 1 fully saturated rings. The highest BCUT2D eigenvalue weighted by atomic mass is 16.2. The van der Waals surface area contributed by atoms with Crippen molar-refractivity contribution in [3.05, 3.63) is 42.2 Å². The van der Waals surface area contributed by atoms with E-state index in [9.17, 15) is 4.79 Å². The zero-order chi connectivity index (χ0) is 13.2. The lowest BCUT2D eigenvalue weighted by molar-refractivity contribution is -0.128. The van der Waals surface area contributed by atoms with Gasteiger partial charge in [-0.15, -0.1) is 12.3 Å². The molecule has 0 saturated carbocycles. The fourth-order valence-electron chi connectivity index (χ4n) is 2.57. The maximum absolute atomic E-state index is 11.9. The molecule has 2 heterocycles. The van der Waals surface area contributed by atoms with Crippen LogP contribution in [0.4, 0.5) is 0 Å². The zero-order valence-corrected chi connectivity index (χ0v) is 10.5. The Morgan fingerprint density at radius 1 is 1.42 bits per heavy atom. The van der Waals surface area contributed by atoms with Gasteiger partial charge >= 0.3 is 0 Å². The van der Waals surface area contributed by atoms with Gasteiger partial charge in [0, 0.05) is 43.2 Å². The number of carbonyl (C=O) groups excluding carboxylic acids is 1. The molecular weight excluding hydrogens is 236 g/mol. The molecule has 0 radical (unpaired) electrons. The van der Waals surface area contributed by atoms with E-state index >= 15 is 0 Å². The predicted octanol–water partition coefficient (Wildman–Crippen LogP) is 2.22. The molecule has 2 aromatic rings. The molecule has 1 aromatic heterocycles. The first kappa shape index (κ1) is 11.7. The first-order valence-electron chi connectivity index (χ1n) is 6.33. The fraction of sp³-hybridized carbons (Fsp3) is 0.250. The van der Waals surface area contributed by atoms with E-state index in [1.165, 1.54) is 0 Å². The Morgan fingerprint density at radius 2 is 2.32 bits per heavy atom. The van der Waals surface area contributed by atoms with Crippen molar-refractivity contribution in [2.24, 2.45) is 5.92 Å². The van der Waals surface area contributed by atoms with Gasteiger partial charge in [0.1, 0.15) is 0 Å². The lowest BCUT2D eigenvalue weighted by Gasteiger charge is -2.17. The van der Waals surface area contributed by atoms with Crippen molar-refractivity contribution in [3.63, 3.8) is 0 Å². The lowest BCUT2D eigenvalue weighted by Crippen LogP contribution is -2.24. The summed E-state index contributed by atoms with van der Waals surface area (Å²) in [5.74, 6) is 2.88. The van der Waals surface area contributed by atoms with E-state index in [1.807, 2.05) is 29.3 Å². The van der Waals surface area contributed by atoms with E-state index in [0.717, 1.165) is 16.3 Å². The average molecular weight is 250 g/mol. The molecule has 1 aromatic carbocycles. The largest absolute Gasteiger partial charge is 0.337 e. The third-order valence-electron chi connectivity index (χ3n) is 3.58. The summed E-state index contributed by atoms with van der Waals surface area (Å²) in [6.07, 6.45) is 9.50. The first-order valence-corrected chi connectivity index (χ1v) is 6.33. The summed E-state index contributed by atoms with van der Waals surface area (Å²) >= 11 is 0. The van der Waals surface area contributed by atoms with Crippen LogP contribution in [0.1, 0.15) is 12.0 Å². The van der Waals surface area contributed by atoms with Crippen LogP contribution in [-0.2, 0) is 11.3 Å². The molecule has 1 aliphatic rings. The molecule has 0 spiro atoms. The molecule has 1 saturated heterocycles. The van der Waals surface area contributed by atoms with Gasteiger partial charge in [-0.3, -0.25) is 9.78 Å². The monoisotopic (exact) mass is 250 g/mol. The highest BCUT2D eigenvalue weighted by Crippen LogP contribution is 2.23. The van der Waals surface area contributed by atoms with Gasteiger partial charge < -0.3 is 4.90 Å². The number of likely N-dealkylation sites (tertiary alicyclic amines) is 1. The van der Waals surface area contributed by atoms with Crippen LogP contribution in [0.25, 0.3) is 10.8 Å². The third-order valence-corrected chi connectivity index (χ3v) is 3.58. The summed E-state index contributed by atoms with van der Waals surface area (Å²) in [4.78, 5) is 17.9. The number of aromatic nitrogens is 1. The van der Waals surface area contributed by atoms with Crippen LogP contribution in [0.3, 0.4) is 0 Å². The van der Waals surface area contributed by atoms with E-state index in [2.05, 4.69) is 17.0 Å². The Balaban J connectivity index is 1.90. The number of rotatable bonds is 2. The predicted molar refractivity (Wildman–Crippen MR) is 74.1 cm³/mol. The SMILES string of the molecule is C#CC1CC(=O)N(Cc2cccc3cnccc23)C1. The van der Waals surface area contributed by atoms with Crippen LogP contribution in [0.5, 0.6) is 0 Å². The first-order chi connectivity index (χ1) is 9.28. The minimum absolute atomic E-state index is 0.0594. The molecular formula is C16H14N2O. The minimum atomic E-state index is 0.0594. The molecule has 3 heteroatoms. The maximum Gasteiger partial charge on any atom is 0.224 e. The van der Waals surface area contributed by atoms with Crippen LogP contribution in [0.2, 0.25) is 0 Å². The number of amides is 1. The van der Waals surface area contributed by atoms with Gasteiger partial charge in [-0.1, -0.05) is 18.2 Å². The molecule has 1 unspecified atom stereocenters. The Hall–Kier alpha value is -2.34. The quantitative estimate of drug-likeness (QED) is 0.766. The van der Waals surface area contributed by atoms with Crippen LogP contribution >= 0.6 is 0 Å². The van der Waals surface area contributed by atoms with E-state index in [4.69, 9.17) is 6.42 Å². The van der Waals surface area contributed by atoms with Crippen LogP contribution in [0.15, 0.2) is 36.7 Å². The van der Waals surface area contributed by atoms with Crippen molar-refractivity contribution in [3.8, 4) is 12.3 Å². The second-order valence-electron chi connectivity index (χ2n) is 4.86. The van der Waals surface area contributed by atoms with E-state index < -0.39 is 0 Å². The zero-order valence-electron chi connectivity index (χ0n) is 10.5. The van der Waals surface area contributed by atoms with Gasteiger partial charge in [0.25, 0.3) is 0 Å². The standard InChI is InChI=1S/C16H14N2O/c1-2-12-8-16(19)18(10-12)11-14-5-3-4-13-9-17-7-6-15(13)14/h1,3-7,9,12H,8,10-11H2. The second-order valence-corrected chi connectivity index (χ2v) is 4.86. The maximum atomic E-state index is 11.9. The molecule has 3 rings (SSSR count). The third kappa shape index (κ3) is 2.17. The average Bonchev–Trinajstić information content (AvgIpc) is 2.80. The molecule has 1 atom stereocenters. The van der Waals surface area contributed by atoms with Crippen LogP contribution in [0, 0.1) is 18.3 Å². The lowest BCUT2D eigenvalue weighted by atomic mass is 10.1. The number of pyridine rings is 1. The van der Waals surface area contributed by atoms with Crippen LogP contribution in [-0.4, -0.2) is 22.3 Å². The van der Waals surface area contributed by atoms with E-state index in [-0.39, 0.29) is 11.8 Å². The Kier molecular flexibility index (Phi) is 2.92. The summed E-state index contributed by atoms with van der Waals surface area (Å²) in [6, 6.07) is 8.07. The van der Waals surface area contributed by atoms with Gasteiger partial charge in [-0.2, -0.15) is 0 Å². The summed E-state index contributed by atoms with van der Waals surface area (Å²) in [5, 5.41) is 2.25. The van der Waals surface area contributed by atoms with Gasteiger partial charge in [0.15, 0.2) is 0 Å². The van der Waals surface area contributed by atoms with Crippen molar-refractivity contribution < 1.29 is 4.79 Å². The molecule has 1 amide bonds. The molecule has 0 bridgehead atoms. The topological polar surface area (TPSA) is 33.2 Å². The Bertz CT molecular complexity index is 666. The molecule has 3 nitrogen and oxygen atoms in total. The number of terminal acetylenes is 1. The number of hydrogen-bond donors (Lipinski definition) is 0. The molecule has 0 aliphatic carbocycles. The Morgan fingerprint density at radius 3 is 3.11 bits per heavy atom. The molecule has 19 heavy (non-hydrogen) atoms. The summed E-state index contributed by atoms with van der Waals surface area (Å²) in [7, 11) is 0. The number of fused-ring (bicyclic) bond motifs is 1. The van der Waals surface area contributed by atoms with Crippen molar-refractivity contribution in [1.82, 2.24) is 9.88 Å². The molecule has 1 aliphatic heterocycles. The number of carbonyl (C=O) groups is 1. The van der Waals surface area contributed by atoms with Gasteiger partial charge in [0.2, 0.25) is 5.91 Å². The minimum Gasteiger partial charge on any atom is -0.337 e. The summed E-state index contributed by atoms with van der Waals surface area (Å²) in [6.45, 7) is 1.29. The van der Waals surface area contributed by atoms with Crippen molar-refractivity contribution in [2.75, 3.05) is 6.54 Å². The van der Waals surface area contributed by atoms with Crippen molar-refractivity contribution in [1.29, 1.82) is 0 Å². The summed E-state index contributed by atoms with van der Waals surface area (Å²) in [5.41, 5.74) is 1.14. The highest BCUT2D eigenvalue weighted by Gasteiger charge is 2.28. The van der Waals surface area contributed by atoms with Gasteiger partial charge in [-0.05, 0) is 17.0 Å². The van der Waals surface area contributed by atoms with Gasteiger partial charge in [0.05, 0.1) is 0 Å². The molecule has 0 N–H and O–H groups in total. The number of benzene rings is 1. The highest BCUT2D eigenvalue weighted by molar-refractivity contribution is 5.85. The fourth-order valence-corrected chi connectivity index (χ4v) is 2.57. The Labute approximate surface area is 112 Å². The van der Waals surface area contributed by atoms with Crippen LogP contribution < -0.4 is 0 Å². The van der Waals surface area contributed by atoms with Gasteiger partial charge in [-0.25, -0.2) is 0 Å². The molecule has 94 valence electrons. The van der Waals surface area contributed by atoms with Crippen molar-refractivity contribution in [2.45, 2.75) is 13.0 Å². The second kappa shape index (κ2) is 4.74. The van der Waals surface area contributed by atoms with Crippen molar-refractivity contribution >= 4 is 16.7 Å². The number of hydrogen-bond acceptors (Lipinski definition) is 2.